The summed E-state index contributed by atoms with van der Waals surface area (Å²) in [6, 6.07) is 3.65. The number of hydrogen-bond donors (Lipinski definition) is 1. The Bertz CT molecular complexity index is 488. The molecule has 1 aromatic heterocycles. The summed E-state index contributed by atoms with van der Waals surface area (Å²) in [5.74, 6) is 0.197. The minimum atomic E-state index is 0.197. The number of thioether (sulfide) groups is 1. The maximum atomic E-state index is 10.8. The number of benzene rings is 1. The van der Waals surface area contributed by atoms with Crippen molar-refractivity contribution >= 4 is 39.5 Å². The van der Waals surface area contributed by atoms with Crippen LogP contribution in [0.5, 0.6) is 5.75 Å². The summed E-state index contributed by atoms with van der Waals surface area (Å²) in [5.41, 5.74) is 0.552. The lowest BCUT2D eigenvalue weighted by Crippen LogP contribution is -1.81. The Hall–Kier alpha value is -1.000. The van der Waals surface area contributed by atoms with Crippen molar-refractivity contribution in [1.29, 1.82) is 0 Å². The molecule has 4 heteroatoms. The van der Waals surface area contributed by atoms with Gasteiger partial charge in [-0.3, -0.25) is 4.79 Å². The molecule has 0 atom stereocenters. The highest BCUT2D eigenvalue weighted by Gasteiger charge is 2.10. The summed E-state index contributed by atoms with van der Waals surface area (Å²) in [7, 11) is 0. The van der Waals surface area contributed by atoms with Crippen LogP contribution < -0.4 is 0 Å². The van der Waals surface area contributed by atoms with E-state index in [0.717, 1.165) is 15.9 Å². The lowest BCUT2D eigenvalue weighted by atomic mass is 10.1. The summed E-state index contributed by atoms with van der Waals surface area (Å²) in [6.07, 6.45) is 2.75. The zero-order chi connectivity index (χ0) is 10.1. The van der Waals surface area contributed by atoms with Gasteiger partial charge in [0.1, 0.15) is 5.75 Å². The van der Waals surface area contributed by atoms with Crippen LogP contribution in [0.15, 0.2) is 22.4 Å². The molecule has 2 nitrogen and oxygen atoms in total. The van der Waals surface area contributed by atoms with Crippen molar-refractivity contribution in [3.63, 3.8) is 0 Å². The minimum absolute atomic E-state index is 0.197. The van der Waals surface area contributed by atoms with E-state index in [1.54, 1.807) is 23.2 Å². The largest absolute Gasteiger partial charge is 0.506 e. The van der Waals surface area contributed by atoms with Gasteiger partial charge in [0.2, 0.25) is 0 Å². The van der Waals surface area contributed by atoms with E-state index in [1.807, 2.05) is 12.3 Å². The van der Waals surface area contributed by atoms with Crippen molar-refractivity contribution in [3.05, 3.63) is 23.1 Å². The summed E-state index contributed by atoms with van der Waals surface area (Å²) in [4.78, 5) is 11.9. The molecule has 0 amide bonds. The second-order valence-electron chi connectivity index (χ2n) is 2.80. The van der Waals surface area contributed by atoms with Crippen LogP contribution in [-0.2, 0) is 0 Å². The Balaban J connectivity index is 2.87. The molecular weight excluding hydrogens is 216 g/mol. The third-order valence-electron chi connectivity index (χ3n) is 2.05. The van der Waals surface area contributed by atoms with Crippen LogP contribution in [-0.4, -0.2) is 17.6 Å². The Labute approximate surface area is 89.6 Å². The van der Waals surface area contributed by atoms with Gasteiger partial charge in [0, 0.05) is 21.2 Å². The van der Waals surface area contributed by atoms with Gasteiger partial charge >= 0.3 is 0 Å². The van der Waals surface area contributed by atoms with Crippen LogP contribution in [0.1, 0.15) is 10.4 Å². The molecule has 1 heterocycles. The smallest absolute Gasteiger partial charge is 0.150 e. The van der Waals surface area contributed by atoms with Crippen molar-refractivity contribution in [2.75, 3.05) is 6.26 Å². The molecule has 1 N–H and O–H groups in total. The quantitative estimate of drug-likeness (QED) is 0.629. The van der Waals surface area contributed by atoms with E-state index in [9.17, 15) is 9.90 Å². The van der Waals surface area contributed by atoms with Crippen molar-refractivity contribution in [2.45, 2.75) is 4.90 Å². The highest BCUT2D eigenvalue weighted by Crippen LogP contribution is 2.38. The van der Waals surface area contributed by atoms with Crippen LogP contribution in [0.3, 0.4) is 0 Å². The fraction of sp³-hybridized carbons (Fsp3) is 0.100. The highest BCUT2D eigenvalue weighted by atomic mass is 32.2. The van der Waals surface area contributed by atoms with Crippen LogP contribution >= 0.6 is 23.1 Å². The van der Waals surface area contributed by atoms with Crippen LogP contribution in [0.25, 0.3) is 10.1 Å². The lowest BCUT2D eigenvalue weighted by molar-refractivity contribution is 0.112. The van der Waals surface area contributed by atoms with Gasteiger partial charge in [-0.25, -0.2) is 0 Å². The first-order valence-electron chi connectivity index (χ1n) is 4.00. The Morgan fingerprint density at radius 1 is 1.50 bits per heavy atom. The van der Waals surface area contributed by atoms with Gasteiger partial charge < -0.3 is 5.11 Å². The first kappa shape index (κ1) is 9.55. The molecule has 0 radical (unpaired) electrons. The monoisotopic (exact) mass is 224 g/mol. The van der Waals surface area contributed by atoms with E-state index in [1.165, 1.54) is 11.3 Å². The molecule has 2 rings (SSSR count). The highest BCUT2D eigenvalue weighted by molar-refractivity contribution is 7.99. The van der Waals surface area contributed by atoms with E-state index in [0.29, 0.717) is 10.9 Å². The maximum absolute atomic E-state index is 10.8. The average Bonchev–Trinajstić information content (AvgIpc) is 2.60. The number of fused-ring (bicyclic) bond motifs is 1. The van der Waals surface area contributed by atoms with Crippen molar-refractivity contribution < 1.29 is 9.90 Å². The Kier molecular flexibility index (Phi) is 2.48. The first-order valence-corrected chi connectivity index (χ1v) is 6.10. The zero-order valence-electron chi connectivity index (χ0n) is 7.48. The second kappa shape index (κ2) is 3.63. The number of aldehydes is 1. The molecule has 0 aliphatic heterocycles. The van der Waals surface area contributed by atoms with E-state index in [-0.39, 0.29) is 5.75 Å². The molecular formula is C10H8O2S2. The van der Waals surface area contributed by atoms with Gasteiger partial charge in [0.05, 0.1) is 4.70 Å². The topological polar surface area (TPSA) is 37.3 Å². The Morgan fingerprint density at radius 3 is 2.93 bits per heavy atom. The molecule has 0 bridgehead atoms. The third-order valence-corrected chi connectivity index (χ3v) is 3.96. The standard InChI is InChI=1S/C10H8O2S2/c1-13-8-3-2-6(4-11)9-7(12)5-14-10(8)9/h2-5,12H,1H3. The third kappa shape index (κ3) is 1.31. The van der Waals surface area contributed by atoms with Crippen LogP contribution in [0.2, 0.25) is 0 Å². The van der Waals surface area contributed by atoms with Crippen molar-refractivity contribution in [1.82, 2.24) is 0 Å². The number of hydrogen-bond acceptors (Lipinski definition) is 4. The predicted molar refractivity (Wildman–Crippen MR) is 60.7 cm³/mol. The Morgan fingerprint density at radius 2 is 2.29 bits per heavy atom. The van der Waals surface area contributed by atoms with Crippen molar-refractivity contribution in [3.8, 4) is 5.75 Å². The number of rotatable bonds is 2. The lowest BCUT2D eigenvalue weighted by Gasteiger charge is -2.00. The molecule has 2 aromatic rings. The SMILES string of the molecule is CSc1ccc(C=O)c2c(O)csc12. The molecule has 0 aliphatic rings. The molecule has 0 saturated heterocycles. The number of carbonyl (C=O) groups is 1. The average molecular weight is 224 g/mol. The molecule has 1 aromatic carbocycles. The van der Waals surface area contributed by atoms with E-state index >= 15 is 0 Å². The van der Waals surface area contributed by atoms with Gasteiger partial charge in [-0.05, 0) is 18.4 Å². The molecule has 14 heavy (non-hydrogen) atoms. The van der Waals surface area contributed by atoms with Gasteiger partial charge in [-0.1, -0.05) is 0 Å². The molecule has 0 saturated carbocycles. The second-order valence-corrected chi connectivity index (χ2v) is 4.53. The first-order chi connectivity index (χ1) is 6.77. The zero-order valence-corrected chi connectivity index (χ0v) is 9.11. The van der Waals surface area contributed by atoms with Gasteiger partial charge in [-0.2, -0.15) is 0 Å². The summed E-state index contributed by atoms with van der Waals surface area (Å²) < 4.78 is 0.986. The van der Waals surface area contributed by atoms with Crippen LogP contribution in [0, 0.1) is 0 Å². The number of carbonyl (C=O) groups excluding carboxylic acids is 1. The normalized spacial score (nSPS) is 10.6. The van der Waals surface area contributed by atoms with Gasteiger partial charge in [0.25, 0.3) is 0 Å². The fourth-order valence-corrected chi connectivity index (χ4v) is 3.15. The van der Waals surface area contributed by atoms with Crippen molar-refractivity contribution in [2.24, 2.45) is 0 Å². The van der Waals surface area contributed by atoms with E-state index in [2.05, 4.69) is 0 Å². The molecule has 0 aliphatic carbocycles. The van der Waals surface area contributed by atoms with Crippen LogP contribution in [0.4, 0.5) is 0 Å². The predicted octanol–water partition coefficient (Wildman–Crippen LogP) is 3.14. The van der Waals surface area contributed by atoms with Gasteiger partial charge in [0.15, 0.2) is 6.29 Å². The number of aromatic hydroxyl groups is 1. The molecule has 0 fully saturated rings. The van der Waals surface area contributed by atoms with E-state index in [4.69, 9.17) is 0 Å². The van der Waals surface area contributed by atoms with E-state index < -0.39 is 0 Å². The summed E-state index contributed by atoms with van der Waals surface area (Å²) in [5, 5.41) is 11.9. The molecule has 0 unspecified atom stereocenters. The molecule has 72 valence electrons. The maximum Gasteiger partial charge on any atom is 0.150 e. The fourth-order valence-electron chi connectivity index (χ4n) is 1.39. The summed E-state index contributed by atoms with van der Waals surface area (Å²) >= 11 is 3.08. The minimum Gasteiger partial charge on any atom is -0.506 e. The summed E-state index contributed by atoms with van der Waals surface area (Å²) in [6.45, 7) is 0. The number of thiophene rings is 1. The van der Waals surface area contributed by atoms with Gasteiger partial charge in [-0.15, -0.1) is 23.1 Å². The molecule has 0 spiro atoms.